The standard InChI is InChI=1S/C19H21NO6/c1-24-19(23)17(25-12-14-8-4-2-5-9-14)16(21)18(22)20-26-13-15-10-6-3-7-11-15/h2-11,16-17,21H,12-13H2,1H3,(H,20,22)/t16?,17-/m1/s1. The molecule has 2 aromatic rings. The lowest BCUT2D eigenvalue weighted by Gasteiger charge is -2.20. The highest BCUT2D eigenvalue weighted by Crippen LogP contribution is 2.09. The Bertz CT molecular complexity index is 692. The SMILES string of the molecule is COC(=O)[C@H](OCc1ccccc1)C(O)C(=O)NOCc1ccccc1. The van der Waals surface area contributed by atoms with Gasteiger partial charge in [0.15, 0.2) is 12.2 Å². The van der Waals surface area contributed by atoms with Gasteiger partial charge in [-0.15, -0.1) is 0 Å². The van der Waals surface area contributed by atoms with Crippen LogP contribution in [0.3, 0.4) is 0 Å². The number of ether oxygens (including phenoxy) is 2. The summed E-state index contributed by atoms with van der Waals surface area (Å²) in [7, 11) is 1.15. The molecule has 26 heavy (non-hydrogen) atoms. The van der Waals surface area contributed by atoms with Crippen LogP contribution in [-0.4, -0.2) is 36.3 Å². The van der Waals surface area contributed by atoms with E-state index < -0.39 is 24.1 Å². The quantitative estimate of drug-likeness (QED) is 0.519. The molecule has 0 fully saturated rings. The maximum Gasteiger partial charge on any atom is 0.338 e. The summed E-state index contributed by atoms with van der Waals surface area (Å²) in [6.45, 7) is 0.156. The normalized spacial score (nSPS) is 12.8. The second kappa shape index (κ2) is 10.3. The van der Waals surface area contributed by atoms with Gasteiger partial charge < -0.3 is 14.6 Å². The van der Waals surface area contributed by atoms with Crippen molar-refractivity contribution in [1.82, 2.24) is 5.48 Å². The van der Waals surface area contributed by atoms with Gasteiger partial charge in [-0.1, -0.05) is 60.7 Å². The first kappa shape index (κ1) is 19.6. The zero-order chi connectivity index (χ0) is 18.8. The van der Waals surface area contributed by atoms with E-state index in [1.54, 1.807) is 12.1 Å². The van der Waals surface area contributed by atoms with Crippen molar-refractivity contribution < 1.29 is 29.0 Å². The Hall–Kier alpha value is -2.74. The van der Waals surface area contributed by atoms with E-state index in [0.717, 1.165) is 18.2 Å². The number of carbonyl (C=O) groups excluding carboxylic acids is 2. The van der Waals surface area contributed by atoms with Gasteiger partial charge in [-0.3, -0.25) is 9.63 Å². The predicted molar refractivity (Wildman–Crippen MR) is 92.4 cm³/mol. The van der Waals surface area contributed by atoms with Crippen molar-refractivity contribution in [2.45, 2.75) is 25.4 Å². The van der Waals surface area contributed by atoms with E-state index in [9.17, 15) is 14.7 Å². The molecule has 0 saturated carbocycles. The molecular formula is C19H21NO6. The van der Waals surface area contributed by atoms with Gasteiger partial charge in [0, 0.05) is 0 Å². The number of esters is 1. The van der Waals surface area contributed by atoms with Crippen molar-refractivity contribution in [3.63, 3.8) is 0 Å². The summed E-state index contributed by atoms with van der Waals surface area (Å²) in [5.74, 6) is -1.75. The van der Waals surface area contributed by atoms with E-state index in [4.69, 9.17) is 9.57 Å². The second-order valence-electron chi connectivity index (χ2n) is 5.43. The molecule has 0 aromatic heterocycles. The topological polar surface area (TPSA) is 94.1 Å². The first-order chi connectivity index (χ1) is 12.6. The molecule has 2 aromatic carbocycles. The lowest BCUT2D eigenvalue weighted by Crippen LogP contribution is -2.47. The third-order valence-electron chi connectivity index (χ3n) is 3.52. The molecule has 7 heteroatoms. The summed E-state index contributed by atoms with van der Waals surface area (Å²) in [4.78, 5) is 28.9. The van der Waals surface area contributed by atoms with Crippen molar-refractivity contribution in [1.29, 1.82) is 0 Å². The van der Waals surface area contributed by atoms with Crippen LogP contribution in [0, 0.1) is 0 Å². The predicted octanol–water partition coefficient (Wildman–Crippen LogP) is 1.35. The number of benzene rings is 2. The Balaban J connectivity index is 1.88. The molecule has 2 rings (SSSR count). The van der Waals surface area contributed by atoms with Gasteiger partial charge in [-0.25, -0.2) is 10.3 Å². The molecule has 0 aliphatic carbocycles. The number of hydrogen-bond acceptors (Lipinski definition) is 6. The Morgan fingerprint density at radius 1 is 0.962 bits per heavy atom. The Morgan fingerprint density at radius 3 is 2.04 bits per heavy atom. The van der Waals surface area contributed by atoms with Gasteiger partial charge in [0.05, 0.1) is 20.3 Å². The van der Waals surface area contributed by atoms with Crippen LogP contribution in [0.1, 0.15) is 11.1 Å². The van der Waals surface area contributed by atoms with Gasteiger partial charge in [0.25, 0.3) is 5.91 Å². The summed E-state index contributed by atoms with van der Waals surface area (Å²) in [5, 5.41) is 10.1. The summed E-state index contributed by atoms with van der Waals surface area (Å²) < 4.78 is 9.99. The van der Waals surface area contributed by atoms with Crippen LogP contribution in [0.4, 0.5) is 0 Å². The van der Waals surface area contributed by atoms with Crippen molar-refractivity contribution in [3.8, 4) is 0 Å². The molecule has 0 aliphatic rings. The molecule has 138 valence electrons. The molecule has 7 nitrogen and oxygen atoms in total. The Morgan fingerprint density at radius 2 is 1.50 bits per heavy atom. The Kier molecular flexibility index (Phi) is 7.75. The summed E-state index contributed by atoms with van der Waals surface area (Å²) in [5.41, 5.74) is 3.74. The van der Waals surface area contributed by atoms with Crippen LogP contribution in [0.5, 0.6) is 0 Å². The average Bonchev–Trinajstić information content (AvgIpc) is 2.69. The minimum atomic E-state index is -1.78. The molecule has 0 spiro atoms. The number of hydrogen-bond donors (Lipinski definition) is 2. The number of amides is 1. The molecule has 0 radical (unpaired) electrons. The minimum Gasteiger partial charge on any atom is -0.467 e. The van der Waals surface area contributed by atoms with E-state index >= 15 is 0 Å². The number of methoxy groups -OCH3 is 1. The van der Waals surface area contributed by atoms with E-state index in [1.807, 2.05) is 48.5 Å². The van der Waals surface area contributed by atoms with Crippen LogP contribution in [-0.2, 0) is 37.1 Å². The highest BCUT2D eigenvalue weighted by molar-refractivity contribution is 5.87. The van der Waals surface area contributed by atoms with E-state index in [1.165, 1.54) is 0 Å². The fraction of sp³-hybridized carbons (Fsp3) is 0.263. The molecule has 1 amide bonds. The lowest BCUT2D eigenvalue weighted by atomic mass is 10.2. The average molecular weight is 359 g/mol. The maximum absolute atomic E-state index is 12.0. The highest BCUT2D eigenvalue weighted by Gasteiger charge is 2.34. The third kappa shape index (κ3) is 5.96. The molecule has 1 unspecified atom stereocenters. The van der Waals surface area contributed by atoms with Crippen molar-refractivity contribution in [2.75, 3.05) is 7.11 Å². The van der Waals surface area contributed by atoms with Crippen LogP contribution in [0.25, 0.3) is 0 Å². The zero-order valence-electron chi connectivity index (χ0n) is 14.3. The van der Waals surface area contributed by atoms with Crippen molar-refractivity contribution >= 4 is 11.9 Å². The lowest BCUT2D eigenvalue weighted by molar-refractivity contribution is -0.172. The van der Waals surface area contributed by atoms with Crippen LogP contribution in [0.2, 0.25) is 0 Å². The van der Waals surface area contributed by atoms with Gasteiger partial charge in [0.1, 0.15) is 0 Å². The smallest absolute Gasteiger partial charge is 0.338 e. The number of rotatable bonds is 9. The summed E-state index contributed by atoms with van der Waals surface area (Å²) >= 11 is 0. The number of hydroxylamine groups is 1. The largest absolute Gasteiger partial charge is 0.467 e. The fourth-order valence-corrected chi connectivity index (χ4v) is 2.13. The fourth-order valence-electron chi connectivity index (χ4n) is 2.13. The van der Waals surface area contributed by atoms with E-state index in [2.05, 4.69) is 10.2 Å². The zero-order valence-corrected chi connectivity index (χ0v) is 14.3. The van der Waals surface area contributed by atoms with Crippen molar-refractivity contribution in [3.05, 3.63) is 71.8 Å². The second-order valence-corrected chi connectivity index (χ2v) is 5.43. The van der Waals surface area contributed by atoms with Crippen molar-refractivity contribution in [2.24, 2.45) is 0 Å². The number of carbonyl (C=O) groups is 2. The van der Waals surface area contributed by atoms with E-state index in [0.29, 0.717) is 0 Å². The number of nitrogens with one attached hydrogen (secondary N) is 1. The monoisotopic (exact) mass is 359 g/mol. The van der Waals surface area contributed by atoms with Crippen LogP contribution >= 0.6 is 0 Å². The summed E-state index contributed by atoms with van der Waals surface area (Å²) in [6, 6.07) is 18.2. The van der Waals surface area contributed by atoms with Crippen LogP contribution in [0.15, 0.2) is 60.7 Å². The third-order valence-corrected chi connectivity index (χ3v) is 3.52. The molecule has 0 saturated heterocycles. The van der Waals surface area contributed by atoms with Crippen LogP contribution < -0.4 is 5.48 Å². The number of aliphatic hydroxyl groups excluding tert-OH is 1. The van der Waals surface area contributed by atoms with Gasteiger partial charge in [0.2, 0.25) is 0 Å². The maximum atomic E-state index is 12.0. The molecular weight excluding hydrogens is 338 g/mol. The molecule has 0 aliphatic heterocycles. The molecule has 2 N–H and O–H groups in total. The highest BCUT2D eigenvalue weighted by atomic mass is 16.7. The first-order valence-corrected chi connectivity index (χ1v) is 7.99. The van der Waals surface area contributed by atoms with Gasteiger partial charge >= 0.3 is 5.97 Å². The Labute approximate surface area is 151 Å². The number of aliphatic hydroxyl groups is 1. The van der Waals surface area contributed by atoms with Gasteiger partial charge in [-0.05, 0) is 11.1 Å². The molecule has 0 heterocycles. The van der Waals surface area contributed by atoms with Gasteiger partial charge in [-0.2, -0.15) is 0 Å². The first-order valence-electron chi connectivity index (χ1n) is 7.99. The molecule has 0 bridgehead atoms. The minimum absolute atomic E-state index is 0.0375. The summed E-state index contributed by atoms with van der Waals surface area (Å²) in [6.07, 6.45) is -3.25. The molecule has 2 atom stereocenters. The van der Waals surface area contributed by atoms with E-state index in [-0.39, 0.29) is 13.2 Å².